The van der Waals surface area contributed by atoms with Crippen LogP contribution < -0.4 is 5.32 Å². The number of aliphatic hydroxyl groups excluding tert-OH is 1. The van der Waals surface area contributed by atoms with Crippen molar-refractivity contribution in [2.24, 2.45) is 11.8 Å². The summed E-state index contributed by atoms with van der Waals surface area (Å²) in [5.74, 6) is 0.376. The van der Waals surface area contributed by atoms with Gasteiger partial charge in [-0.25, -0.2) is 4.39 Å². The Balaban J connectivity index is 1.47. The first-order valence-corrected chi connectivity index (χ1v) is 7.84. The van der Waals surface area contributed by atoms with Gasteiger partial charge in [0.25, 0.3) is 0 Å². The first-order valence-electron chi connectivity index (χ1n) is 7.84. The minimum Gasteiger partial charge on any atom is -0.393 e. The topological polar surface area (TPSA) is 49.3 Å². The summed E-state index contributed by atoms with van der Waals surface area (Å²) in [5, 5.41) is 12.6. The molecule has 4 heteroatoms. The minimum absolute atomic E-state index is 0.0136. The van der Waals surface area contributed by atoms with Gasteiger partial charge >= 0.3 is 0 Å². The van der Waals surface area contributed by atoms with Crippen molar-refractivity contribution in [3.8, 4) is 0 Å². The highest BCUT2D eigenvalue weighted by Crippen LogP contribution is 2.47. The summed E-state index contributed by atoms with van der Waals surface area (Å²) in [4.78, 5) is 12.1. The van der Waals surface area contributed by atoms with Crippen LogP contribution in [0.5, 0.6) is 0 Å². The van der Waals surface area contributed by atoms with Crippen LogP contribution in [0.3, 0.4) is 0 Å². The number of rotatable bonds is 4. The zero-order valence-corrected chi connectivity index (χ0v) is 12.1. The molecule has 3 rings (SSSR count). The Morgan fingerprint density at radius 2 is 2.19 bits per heavy atom. The van der Waals surface area contributed by atoms with Crippen molar-refractivity contribution in [1.29, 1.82) is 0 Å². The molecule has 1 aromatic rings. The van der Waals surface area contributed by atoms with Crippen LogP contribution in [0.15, 0.2) is 24.3 Å². The number of halogens is 1. The molecule has 2 aliphatic rings. The highest BCUT2D eigenvalue weighted by molar-refractivity contribution is 5.82. The van der Waals surface area contributed by atoms with Gasteiger partial charge in [0.1, 0.15) is 5.82 Å². The molecule has 0 spiro atoms. The highest BCUT2D eigenvalue weighted by atomic mass is 19.1. The Bertz CT molecular complexity index is 519. The average molecular weight is 291 g/mol. The summed E-state index contributed by atoms with van der Waals surface area (Å²) in [6.45, 7) is 0.655. The molecular formula is C17H22FNO2. The quantitative estimate of drug-likeness (QED) is 0.896. The van der Waals surface area contributed by atoms with Gasteiger partial charge in [0.15, 0.2) is 0 Å². The second kappa shape index (κ2) is 6.14. The Kier molecular flexibility index (Phi) is 4.24. The first-order chi connectivity index (χ1) is 10.1. The lowest BCUT2D eigenvalue weighted by Crippen LogP contribution is -2.34. The van der Waals surface area contributed by atoms with Gasteiger partial charge in [-0.1, -0.05) is 18.6 Å². The third kappa shape index (κ3) is 3.62. The van der Waals surface area contributed by atoms with E-state index in [1.807, 2.05) is 6.07 Å². The van der Waals surface area contributed by atoms with Gasteiger partial charge in [-0.2, -0.15) is 0 Å². The summed E-state index contributed by atoms with van der Waals surface area (Å²) in [6, 6.07) is 6.53. The van der Waals surface area contributed by atoms with Crippen LogP contribution >= 0.6 is 0 Å². The van der Waals surface area contributed by atoms with Gasteiger partial charge in [-0.05, 0) is 55.2 Å². The molecule has 2 fully saturated rings. The zero-order valence-electron chi connectivity index (χ0n) is 12.1. The number of aliphatic hydroxyl groups is 1. The zero-order chi connectivity index (χ0) is 14.8. The summed E-state index contributed by atoms with van der Waals surface area (Å²) < 4.78 is 13.2. The third-order valence-corrected chi connectivity index (χ3v) is 4.72. The van der Waals surface area contributed by atoms with E-state index in [1.165, 1.54) is 12.1 Å². The van der Waals surface area contributed by atoms with Gasteiger partial charge in [-0.15, -0.1) is 0 Å². The van der Waals surface area contributed by atoms with E-state index in [0.29, 0.717) is 12.5 Å². The predicted octanol–water partition coefficient (Wildman–Crippen LogP) is 2.60. The number of benzene rings is 1. The Morgan fingerprint density at radius 3 is 2.95 bits per heavy atom. The van der Waals surface area contributed by atoms with Crippen LogP contribution in [0.2, 0.25) is 0 Å². The summed E-state index contributed by atoms with van der Waals surface area (Å²) in [7, 11) is 0. The Morgan fingerprint density at radius 1 is 1.33 bits per heavy atom. The van der Waals surface area contributed by atoms with Gasteiger partial charge in [0.2, 0.25) is 5.91 Å². The maximum atomic E-state index is 13.2. The van der Waals surface area contributed by atoms with E-state index in [1.54, 1.807) is 6.07 Å². The SMILES string of the molecule is O=C(NCC1CCCC(O)C1)C1CC1c1cccc(F)c1. The molecule has 0 saturated heterocycles. The van der Waals surface area contributed by atoms with Crippen LogP contribution in [0.4, 0.5) is 4.39 Å². The molecule has 4 unspecified atom stereocenters. The standard InChI is InChI=1S/C17H22FNO2/c18-13-5-2-4-12(8-13)15-9-16(15)17(21)19-10-11-3-1-6-14(20)7-11/h2,4-5,8,11,14-16,20H,1,3,6-7,9-10H2,(H,19,21). The molecule has 0 bridgehead atoms. The van der Waals surface area contributed by atoms with Crippen molar-refractivity contribution < 1.29 is 14.3 Å². The van der Waals surface area contributed by atoms with Crippen molar-refractivity contribution >= 4 is 5.91 Å². The van der Waals surface area contributed by atoms with E-state index < -0.39 is 0 Å². The normalized spacial score (nSPS) is 31.7. The van der Waals surface area contributed by atoms with Gasteiger partial charge in [0.05, 0.1) is 6.10 Å². The molecule has 114 valence electrons. The average Bonchev–Trinajstić information content (AvgIpc) is 3.25. The second-order valence-corrected chi connectivity index (χ2v) is 6.44. The summed E-state index contributed by atoms with van der Waals surface area (Å²) in [5.41, 5.74) is 0.920. The van der Waals surface area contributed by atoms with Crippen LogP contribution in [0.25, 0.3) is 0 Å². The van der Waals surface area contributed by atoms with Crippen LogP contribution in [0.1, 0.15) is 43.6 Å². The molecule has 4 atom stereocenters. The summed E-state index contributed by atoms with van der Waals surface area (Å²) in [6.07, 6.45) is 4.39. The smallest absolute Gasteiger partial charge is 0.223 e. The fraction of sp³-hybridized carbons (Fsp3) is 0.588. The fourth-order valence-electron chi connectivity index (χ4n) is 3.41. The number of nitrogens with one attached hydrogen (secondary N) is 1. The molecule has 0 heterocycles. The molecule has 21 heavy (non-hydrogen) atoms. The van der Waals surface area contributed by atoms with Crippen molar-refractivity contribution in [3.63, 3.8) is 0 Å². The lowest BCUT2D eigenvalue weighted by atomic mass is 9.87. The van der Waals surface area contributed by atoms with Crippen LogP contribution in [0, 0.1) is 17.7 Å². The maximum absolute atomic E-state index is 13.2. The largest absolute Gasteiger partial charge is 0.393 e. The van der Waals surface area contributed by atoms with Gasteiger partial charge < -0.3 is 10.4 Å². The molecule has 3 nitrogen and oxygen atoms in total. The first kappa shape index (κ1) is 14.5. The number of carbonyl (C=O) groups excluding carboxylic acids is 1. The maximum Gasteiger partial charge on any atom is 0.223 e. The lowest BCUT2D eigenvalue weighted by molar-refractivity contribution is -0.122. The van der Waals surface area contributed by atoms with Crippen molar-refractivity contribution in [2.75, 3.05) is 6.54 Å². The highest BCUT2D eigenvalue weighted by Gasteiger charge is 2.44. The van der Waals surface area contributed by atoms with Crippen molar-refractivity contribution in [1.82, 2.24) is 5.32 Å². The molecule has 1 amide bonds. The molecule has 2 aliphatic carbocycles. The minimum atomic E-state index is -0.241. The number of amides is 1. The molecule has 0 radical (unpaired) electrons. The lowest BCUT2D eigenvalue weighted by Gasteiger charge is -2.25. The molecule has 2 saturated carbocycles. The Labute approximate surface area is 124 Å². The number of carbonyl (C=O) groups is 1. The van der Waals surface area contributed by atoms with E-state index in [4.69, 9.17) is 0 Å². The van der Waals surface area contributed by atoms with Crippen LogP contribution in [-0.4, -0.2) is 23.7 Å². The second-order valence-electron chi connectivity index (χ2n) is 6.44. The van der Waals surface area contributed by atoms with E-state index in [9.17, 15) is 14.3 Å². The summed E-state index contributed by atoms with van der Waals surface area (Å²) >= 11 is 0. The number of hydrogen-bond acceptors (Lipinski definition) is 2. The van der Waals surface area contributed by atoms with E-state index in [2.05, 4.69) is 5.32 Å². The van der Waals surface area contributed by atoms with Crippen LogP contribution in [-0.2, 0) is 4.79 Å². The van der Waals surface area contributed by atoms with E-state index >= 15 is 0 Å². The van der Waals surface area contributed by atoms with Crippen molar-refractivity contribution in [3.05, 3.63) is 35.6 Å². The molecule has 2 N–H and O–H groups in total. The Hall–Kier alpha value is -1.42. The number of hydrogen-bond donors (Lipinski definition) is 2. The monoisotopic (exact) mass is 291 g/mol. The van der Waals surface area contributed by atoms with Gasteiger partial charge in [0, 0.05) is 12.5 Å². The molecule has 0 aromatic heterocycles. The van der Waals surface area contributed by atoms with E-state index in [0.717, 1.165) is 37.7 Å². The molecule has 1 aromatic carbocycles. The predicted molar refractivity (Wildman–Crippen MR) is 78.2 cm³/mol. The fourth-order valence-corrected chi connectivity index (χ4v) is 3.41. The molecule has 0 aliphatic heterocycles. The molecular weight excluding hydrogens is 269 g/mol. The van der Waals surface area contributed by atoms with E-state index in [-0.39, 0.29) is 29.7 Å². The van der Waals surface area contributed by atoms with Gasteiger partial charge in [-0.3, -0.25) is 4.79 Å². The van der Waals surface area contributed by atoms with Crippen molar-refractivity contribution in [2.45, 2.75) is 44.1 Å². The third-order valence-electron chi connectivity index (χ3n) is 4.72.